The number of hydrogen-bond acceptors (Lipinski definition) is 9. The molecule has 0 saturated carbocycles. The molecule has 0 spiro atoms. The summed E-state index contributed by atoms with van der Waals surface area (Å²) in [5, 5.41) is 0. The van der Waals surface area contributed by atoms with E-state index in [0.717, 1.165) is 41.9 Å². The van der Waals surface area contributed by atoms with Gasteiger partial charge in [0.15, 0.2) is 11.5 Å². The number of ether oxygens (including phenoxy) is 4. The maximum Gasteiger partial charge on any atom is 0.414 e. The lowest BCUT2D eigenvalue weighted by atomic mass is 10.1. The third kappa shape index (κ3) is 3.83. The molecular formula is C27H27N5O5. The van der Waals surface area contributed by atoms with Gasteiger partial charge in [0.1, 0.15) is 24.8 Å². The zero-order chi connectivity index (χ0) is 24.9. The van der Waals surface area contributed by atoms with Crippen LogP contribution in [0, 0.1) is 5.92 Å². The minimum absolute atomic E-state index is 0.220. The van der Waals surface area contributed by atoms with Crippen LogP contribution in [0.5, 0.6) is 17.4 Å². The Bertz CT molecular complexity index is 1410. The van der Waals surface area contributed by atoms with Crippen molar-refractivity contribution < 1.29 is 23.7 Å². The normalized spacial score (nSPS) is 22.4. The molecule has 0 N–H and O–H groups in total. The fraction of sp³-hybridized carbons (Fsp3) is 0.370. The first-order valence-electron chi connectivity index (χ1n) is 12.6. The third-order valence-electron chi connectivity index (χ3n) is 7.43. The Kier molecular flexibility index (Phi) is 5.19. The van der Waals surface area contributed by atoms with Crippen molar-refractivity contribution in [2.24, 2.45) is 5.92 Å². The number of methoxy groups -OCH3 is 1. The molecule has 1 amide bonds. The number of pyridine rings is 2. The second-order valence-electron chi connectivity index (χ2n) is 9.63. The molecule has 10 heteroatoms. The number of anilines is 2. The molecule has 2 fully saturated rings. The fourth-order valence-corrected chi connectivity index (χ4v) is 5.65. The van der Waals surface area contributed by atoms with E-state index < -0.39 is 0 Å². The molecule has 7 rings (SSSR count). The molecule has 0 radical (unpaired) electrons. The minimum Gasteiger partial charge on any atom is -0.486 e. The lowest BCUT2D eigenvalue weighted by Crippen LogP contribution is -2.32. The van der Waals surface area contributed by atoms with Crippen LogP contribution in [0.3, 0.4) is 0 Å². The van der Waals surface area contributed by atoms with Crippen LogP contribution in [-0.4, -0.2) is 73.6 Å². The van der Waals surface area contributed by atoms with Crippen LogP contribution in [0.15, 0.2) is 54.5 Å². The highest BCUT2D eigenvalue weighted by molar-refractivity contribution is 5.90. The quantitative estimate of drug-likeness (QED) is 0.522. The molecule has 2 saturated heterocycles. The van der Waals surface area contributed by atoms with Crippen LogP contribution in [0.25, 0.3) is 11.0 Å². The number of cyclic esters (lactones) is 1. The molecule has 2 aromatic heterocycles. The van der Waals surface area contributed by atoms with E-state index in [0.29, 0.717) is 49.6 Å². The van der Waals surface area contributed by atoms with E-state index in [1.54, 1.807) is 12.0 Å². The largest absolute Gasteiger partial charge is 0.486 e. The van der Waals surface area contributed by atoms with Crippen molar-refractivity contribution in [1.82, 2.24) is 14.9 Å². The Hall–Kier alpha value is -4.21. The van der Waals surface area contributed by atoms with Gasteiger partial charge in [-0.25, -0.2) is 9.78 Å². The molecule has 10 nitrogen and oxygen atoms in total. The second-order valence-corrected chi connectivity index (χ2v) is 9.63. The van der Waals surface area contributed by atoms with Gasteiger partial charge in [0, 0.05) is 49.2 Å². The van der Waals surface area contributed by atoms with Gasteiger partial charge in [0.2, 0.25) is 5.88 Å². The van der Waals surface area contributed by atoms with Gasteiger partial charge >= 0.3 is 6.09 Å². The Balaban J connectivity index is 1.08. The standard InChI is InChI=1S/C27H27N5O5/c1-34-25-5-3-20-26(29-25)21(6-8-28-20)31-13-17-7-9-30(22(17)16-31)14-19-15-32(27(33)37-19)18-2-4-23-24(12-18)36-11-10-35-23/h2-6,8,12,16-17,19H,7,9-11,13-15H2,1H3/t17-,19?/m0/s1. The first kappa shape index (κ1) is 22.0. The van der Waals surface area contributed by atoms with Crippen molar-refractivity contribution in [2.45, 2.75) is 12.5 Å². The zero-order valence-corrected chi connectivity index (χ0v) is 20.5. The summed E-state index contributed by atoms with van der Waals surface area (Å²) in [5.41, 5.74) is 4.71. The Morgan fingerprint density at radius 1 is 1.08 bits per heavy atom. The van der Waals surface area contributed by atoms with Crippen molar-refractivity contribution in [2.75, 3.05) is 56.3 Å². The molecule has 4 aliphatic heterocycles. The van der Waals surface area contributed by atoms with E-state index in [1.807, 2.05) is 42.6 Å². The average Bonchev–Trinajstić information content (AvgIpc) is 3.63. The topological polar surface area (TPSA) is 89.5 Å². The highest BCUT2D eigenvalue weighted by Gasteiger charge is 2.39. The number of nitrogens with zero attached hydrogens (tertiary/aromatic N) is 5. The van der Waals surface area contributed by atoms with E-state index in [4.69, 9.17) is 18.9 Å². The highest BCUT2D eigenvalue weighted by atomic mass is 16.6. The Morgan fingerprint density at radius 2 is 1.97 bits per heavy atom. The lowest BCUT2D eigenvalue weighted by Gasteiger charge is -2.23. The smallest absolute Gasteiger partial charge is 0.414 e. The van der Waals surface area contributed by atoms with Crippen LogP contribution < -0.4 is 24.0 Å². The van der Waals surface area contributed by atoms with Gasteiger partial charge in [-0.3, -0.25) is 9.88 Å². The summed E-state index contributed by atoms with van der Waals surface area (Å²) < 4.78 is 22.4. The van der Waals surface area contributed by atoms with Gasteiger partial charge in [-0.2, -0.15) is 0 Å². The van der Waals surface area contributed by atoms with E-state index >= 15 is 0 Å². The number of carbonyl (C=O) groups excluding carboxylic acids is 1. The molecule has 1 unspecified atom stereocenters. The van der Waals surface area contributed by atoms with Gasteiger partial charge in [0.25, 0.3) is 0 Å². The predicted octanol–water partition coefficient (Wildman–Crippen LogP) is 3.42. The molecule has 4 aliphatic rings. The average molecular weight is 502 g/mol. The first-order valence-corrected chi connectivity index (χ1v) is 12.6. The molecule has 2 atom stereocenters. The number of likely N-dealkylation sites (tertiary alicyclic amines) is 1. The molecule has 1 aromatic carbocycles. The maximum atomic E-state index is 12.7. The maximum absolute atomic E-state index is 12.7. The Morgan fingerprint density at radius 3 is 2.86 bits per heavy atom. The number of carbonyl (C=O) groups is 1. The van der Waals surface area contributed by atoms with Crippen molar-refractivity contribution in [3.05, 3.63) is 54.5 Å². The first-order chi connectivity index (χ1) is 18.2. The minimum atomic E-state index is -0.331. The van der Waals surface area contributed by atoms with Crippen LogP contribution in [-0.2, 0) is 4.74 Å². The zero-order valence-electron chi connectivity index (χ0n) is 20.5. The third-order valence-corrected chi connectivity index (χ3v) is 7.43. The van der Waals surface area contributed by atoms with E-state index in [2.05, 4.69) is 26.0 Å². The van der Waals surface area contributed by atoms with Gasteiger partial charge in [-0.05, 0) is 30.7 Å². The van der Waals surface area contributed by atoms with Crippen molar-refractivity contribution in [3.8, 4) is 17.4 Å². The highest BCUT2D eigenvalue weighted by Crippen LogP contribution is 2.39. The number of fused-ring (bicyclic) bond motifs is 3. The molecule has 0 bridgehead atoms. The van der Waals surface area contributed by atoms with Gasteiger partial charge < -0.3 is 28.7 Å². The Labute approximate surface area is 214 Å². The van der Waals surface area contributed by atoms with Crippen molar-refractivity contribution >= 4 is 28.5 Å². The number of hydrogen-bond donors (Lipinski definition) is 0. The molecule has 190 valence electrons. The van der Waals surface area contributed by atoms with Crippen LogP contribution >= 0.6 is 0 Å². The monoisotopic (exact) mass is 501 g/mol. The van der Waals surface area contributed by atoms with E-state index in [-0.39, 0.29) is 12.2 Å². The fourth-order valence-electron chi connectivity index (χ4n) is 5.65. The van der Waals surface area contributed by atoms with Gasteiger partial charge in [-0.1, -0.05) is 0 Å². The van der Waals surface area contributed by atoms with Crippen molar-refractivity contribution in [1.29, 1.82) is 0 Å². The molecular weight excluding hydrogens is 474 g/mol. The van der Waals surface area contributed by atoms with Crippen molar-refractivity contribution in [3.63, 3.8) is 0 Å². The van der Waals surface area contributed by atoms with Crippen LogP contribution in [0.1, 0.15) is 6.42 Å². The number of amides is 1. The second kappa shape index (κ2) is 8.72. The molecule has 6 heterocycles. The van der Waals surface area contributed by atoms with Gasteiger partial charge in [0.05, 0.1) is 37.1 Å². The van der Waals surface area contributed by atoms with E-state index in [9.17, 15) is 4.79 Å². The number of benzene rings is 1. The summed E-state index contributed by atoms with van der Waals surface area (Å²) in [7, 11) is 1.62. The summed E-state index contributed by atoms with van der Waals surface area (Å²) in [5.74, 6) is 2.37. The summed E-state index contributed by atoms with van der Waals surface area (Å²) in [6, 6.07) is 11.3. The van der Waals surface area contributed by atoms with Crippen LogP contribution in [0.4, 0.5) is 16.2 Å². The summed E-state index contributed by atoms with van der Waals surface area (Å²) in [6.07, 6.45) is 4.54. The van der Waals surface area contributed by atoms with Gasteiger partial charge in [-0.15, -0.1) is 0 Å². The number of rotatable bonds is 5. The SMILES string of the molecule is COc1ccc2nccc(N3C=C4[C@@H](CCN4CC4CN(c5ccc6c(c5)OCCO6)C(=O)O4)C3)c2n1. The molecule has 37 heavy (non-hydrogen) atoms. The van der Waals surface area contributed by atoms with E-state index in [1.165, 1.54) is 5.70 Å². The predicted molar refractivity (Wildman–Crippen MR) is 136 cm³/mol. The van der Waals surface area contributed by atoms with Crippen LogP contribution in [0.2, 0.25) is 0 Å². The summed E-state index contributed by atoms with van der Waals surface area (Å²) in [6.45, 7) is 4.03. The molecule has 0 aliphatic carbocycles. The number of aromatic nitrogens is 2. The summed E-state index contributed by atoms with van der Waals surface area (Å²) in [4.78, 5) is 28.1. The summed E-state index contributed by atoms with van der Waals surface area (Å²) >= 11 is 0. The lowest BCUT2D eigenvalue weighted by molar-refractivity contribution is 0.122. The molecule has 3 aromatic rings.